The van der Waals surface area contributed by atoms with Crippen LogP contribution in [0.3, 0.4) is 0 Å². The number of nitrogens with one attached hydrogen (secondary N) is 2. The van der Waals surface area contributed by atoms with Crippen LogP contribution >= 0.6 is 11.6 Å². The highest BCUT2D eigenvalue weighted by Crippen LogP contribution is 2.23. The summed E-state index contributed by atoms with van der Waals surface area (Å²) in [5.74, 6) is 0.609. The molecule has 0 atom stereocenters. The normalized spacial score (nSPS) is 11.2. The minimum atomic E-state index is -3.81. The minimum absolute atomic E-state index is 0.0562. The smallest absolute Gasteiger partial charge is 0.308 e. The monoisotopic (exact) mass is 468 g/mol. The fraction of sp³-hybridized carbons (Fsp3) is 0. The highest BCUT2D eigenvalue weighted by atomic mass is 35.5. The van der Waals surface area contributed by atoms with Crippen molar-refractivity contribution in [2.45, 2.75) is 4.90 Å². The van der Waals surface area contributed by atoms with Crippen LogP contribution in [-0.4, -0.2) is 29.2 Å². The number of urea groups is 1. The third kappa shape index (κ3) is 4.94. The summed E-state index contributed by atoms with van der Waals surface area (Å²) >= 11 is 5.99. The van der Waals surface area contributed by atoms with E-state index in [4.69, 9.17) is 16.7 Å². The molecule has 162 valence electrons. The summed E-state index contributed by atoms with van der Waals surface area (Å²) in [6.45, 7) is 0. The molecule has 0 saturated carbocycles. The number of halogens is 1. The van der Waals surface area contributed by atoms with Gasteiger partial charge in [-0.15, -0.1) is 5.10 Å². The van der Waals surface area contributed by atoms with Gasteiger partial charge >= 0.3 is 6.03 Å². The average molecular weight is 469 g/mol. The van der Waals surface area contributed by atoms with Crippen LogP contribution in [0.1, 0.15) is 0 Å². The van der Waals surface area contributed by atoms with Crippen LogP contribution in [0.15, 0.2) is 83.8 Å². The molecule has 4 N–H and O–H groups in total. The molecule has 11 heteroatoms. The van der Waals surface area contributed by atoms with Crippen molar-refractivity contribution in [3.05, 3.63) is 83.9 Å². The van der Waals surface area contributed by atoms with Crippen LogP contribution in [0.5, 0.6) is 0 Å². The van der Waals surface area contributed by atoms with Gasteiger partial charge in [0.1, 0.15) is 0 Å². The van der Waals surface area contributed by atoms with Crippen molar-refractivity contribution in [3.63, 3.8) is 0 Å². The van der Waals surface area contributed by atoms with Gasteiger partial charge in [-0.2, -0.15) is 4.98 Å². The molecule has 9 nitrogen and oxygen atoms in total. The zero-order chi connectivity index (χ0) is 22.7. The van der Waals surface area contributed by atoms with Crippen molar-refractivity contribution in [3.8, 4) is 17.1 Å². The van der Waals surface area contributed by atoms with Gasteiger partial charge in [0.25, 0.3) is 5.95 Å². The Balaban J connectivity index is 1.58. The second-order valence-electron chi connectivity index (χ2n) is 6.66. The highest BCUT2D eigenvalue weighted by Gasteiger charge is 2.16. The van der Waals surface area contributed by atoms with E-state index in [9.17, 15) is 13.2 Å². The predicted molar refractivity (Wildman–Crippen MR) is 122 cm³/mol. The standard InChI is InChI=1S/C21H17ClN6O3S/c22-15-6-10-17(11-7-15)28-19(14-4-2-1-3-5-14)25-20(27-28)26-21(29)24-16-8-12-18(13-9-16)32(23,30)31/h1-13H,(H2,23,30,31)(H2,24,26,27,29). The van der Waals surface area contributed by atoms with E-state index in [1.807, 2.05) is 30.3 Å². The fourth-order valence-corrected chi connectivity index (χ4v) is 3.53. The Morgan fingerprint density at radius 3 is 2.19 bits per heavy atom. The Bertz CT molecular complexity index is 1360. The maximum Gasteiger partial charge on any atom is 0.326 e. The van der Waals surface area contributed by atoms with Gasteiger partial charge in [0.2, 0.25) is 10.0 Å². The summed E-state index contributed by atoms with van der Waals surface area (Å²) in [7, 11) is -3.81. The number of nitrogens with two attached hydrogens (primary N) is 1. The van der Waals surface area contributed by atoms with E-state index in [1.165, 1.54) is 24.3 Å². The Hall–Kier alpha value is -3.73. The summed E-state index contributed by atoms with van der Waals surface area (Å²) in [5, 5.41) is 15.2. The number of rotatable bonds is 5. The number of amides is 2. The molecule has 1 aromatic heterocycles. The molecule has 32 heavy (non-hydrogen) atoms. The van der Waals surface area contributed by atoms with Crippen LogP contribution in [0.25, 0.3) is 17.1 Å². The SMILES string of the molecule is NS(=O)(=O)c1ccc(NC(=O)Nc2nc(-c3ccccc3)n(-c3ccc(Cl)cc3)n2)cc1. The van der Waals surface area contributed by atoms with Crippen LogP contribution in [0.4, 0.5) is 16.4 Å². The van der Waals surface area contributed by atoms with Gasteiger partial charge in [-0.25, -0.2) is 23.0 Å². The quantitative estimate of drug-likeness (QED) is 0.409. The van der Waals surface area contributed by atoms with Gasteiger partial charge in [0, 0.05) is 16.3 Å². The number of anilines is 2. The molecule has 0 aliphatic heterocycles. The largest absolute Gasteiger partial charge is 0.326 e. The van der Waals surface area contributed by atoms with E-state index >= 15 is 0 Å². The lowest BCUT2D eigenvalue weighted by Gasteiger charge is -2.06. The molecule has 1 heterocycles. The van der Waals surface area contributed by atoms with Gasteiger partial charge in [-0.1, -0.05) is 41.9 Å². The van der Waals surface area contributed by atoms with Crippen molar-refractivity contribution < 1.29 is 13.2 Å². The van der Waals surface area contributed by atoms with Crippen molar-refractivity contribution in [2.75, 3.05) is 10.6 Å². The summed E-state index contributed by atoms with van der Waals surface area (Å²) in [4.78, 5) is 16.8. The number of carbonyl (C=O) groups is 1. The van der Waals surface area contributed by atoms with Crippen molar-refractivity contribution >= 4 is 39.3 Å². The molecule has 0 saturated heterocycles. The molecular formula is C21H17ClN6O3S. The Morgan fingerprint density at radius 1 is 0.906 bits per heavy atom. The summed E-state index contributed by atoms with van der Waals surface area (Å²) in [6, 6.07) is 21.3. The van der Waals surface area contributed by atoms with E-state index in [0.29, 0.717) is 22.2 Å². The number of primary sulfonamides is 1. The zero-order valence-corrected chi connectivity index (χ0v) is 18.0. The third-order valence-corrected chi connectivity index (χ3v) is 5.56. The molecule has 3 aromatic carbocycles. The van der Waals surface area contributed by atoms with Gasteiger partial charge < -0.3 is 5.32 Å². The fourth-order valence-electron chi connectivity index (χ4n) is 2.89. The Kier molecular flexibility index (Phi) is 5.91. The number of sulfonamides is 1. The summed E-state index contributed by atoms with van der Waals surface area (Å²) in [6.07, 6.45) is 0. The summed E-state index contributed by atoms with van der Waals surface area (Å²) in [5.41, 5.74) is 1.89. The van der Waals surface area contributed by atoms with Gasteiger partial charge in [0.05, 0.1) is 10.6 Å². The lowest BCUT2D eigenvalue weighted by Crippen LogP contribution is -2.20. The first-order valence-electron chi connectivity index (χ1n) is 9.29. The molecule has 0 bridgehead atoms. The van der Waals surface area contributed by atoms with Crippen molar-refractivity contribution in [2.24, 2.45) is 5.14 Å². The van der Waals surface area contributed by atoms with Crippen LogP contribution in [-0.2, 0) is 10.0 Å². The lowest BCUT2D eigenvalue weighted by atomic mass is 10.2. The van der Waals surface area contributed by atoms with Crippen molar-refractivity contribution in [1.29, 1.82) is 0 Å². The van der Waals surface area contributed by atoms with E-state index in [1.54, 1.807) is 28.9 Å². The first-order valence-corrected chi connectivity index (χ1v) is 11.2. The first kappa shape index (κ1) is 21.5. The number of hydrogen-bond donors (Lipinski definition) is 3. The van der Waals surface area contributed by atoms with Crippen LogP contribution < -0.4 is 15.8 Å². The molecule has 0 spiro atoms. The van der Waals surface area contributed by atoms with Gasteiger partial charge in [-0.3, -0.25) is 5.32 Å². The average Bonchev–Trinajstić information content (AvgIpc) is 3.18. The maximum atomic E-state index is 12.4. The first-order chi connectivity index (χ1) is 15.3. The second kappa shape index (κ2) is 8.79. The lowest BCUT2D eigenvalue weighted by molar-refractivity contribution is 0.262. The van der Waals surface area contributed by atoms with Crippen LogP contribution in [0.2, 0.25) is 5.02 Å². The molecule has 0 aliphatic carbocycles. The minimum Gasteiger partial charge on any atom is -0.308 e. The summed E-state index contributed by atoms with van der Waals surface area (Å²) < 4.78 is 24.3. The molecule has 0 radical (unpaired) electrons. The molecule has 4 rings (SSSR count). The number of aromatic nitrogens is 3. The zero-order valence-electron chi connectivity index (χ0n) is 16.4. The molecule has 2 amide bonds. The van der Waals surface area contributed by atoms with Crippen molar-refractivity contribution in [1.82, 2.24) is 14.8 Å². The molecule has 0 aliphatic rings. The molecule has 0 unspecified atom stereocenters. The topological polar surface area (TPSA) is 132 Å². The number of carbonyl (C=O) groups excluding carboxylic acids is 1. The predicted octanol–water partition coefficient (Wildman–Crippen LogP) is 3.88. The maximum absolute atomic E-state index is 12.4. The Labute approximate surface area is 188 Å². The highest BCUT2D eigenvalue weighted by molar-refractivity contribution is 7.89. The van der Waals surface area contributed by atoms with E-state index in [-0.39, 0.29) is 10.8 Å². The molecular weight excluding hydrogens is 452 g/mol. The number of nitrogens with zero attached hydrogens (tertiary/aromatic N) is 3. The van der Waals surface area contributed by atoms with Crippen LogP contribution in [0, 0.1) is 0 Å². The third-order valence-electron chi connectivity index (χ3n) is 4.38. The van der Waals surface area contributed by atoms with E-state index < -0.39 is 16.1 Å². The molecule has 0 fully saturated rings. The van der Waals surface area contributed by atoms with Gasteiger partial charge in [-0.05, 0) is 48.5 Å². The van der Waals surface area contributed by atoms with E-state index in [2.05, 4.69) is 20.7 Å². The van der Waals surface area contributed by atoms with Gasteiger partial charge in [0.15, 0.2) is 5.82 Å². The second-order valence-corrected chi connectivity index (χ2v) is 8.66. The number of hydrogen-bond acceptors (Lipinski definition) is 5. The van der Waals surface area contributed by atoms with E-state index in [0.717, 1.165) is 5.56 Å². The number of benzene rings is 3. The Morgan fingerprint density at radius 2 is 1.56 bits per heavy atom. The molecule has 4 aromatic rings.